The first-order valence-corrected chi connectivity index (χ1v) is 6.02. The van der Waals surface area contributed by atoms with Crippen molar-refractivity contribution in [3.63, 3.8) is 0 Å². The number of nitrogen functional groups attached to an aromatic ring is 1. The molecule has 0 fully saturated rings. The molecule has 1 rings (SSSR count). The van der Waals surface area contributed by atoms with Crippen LogP contribution in [0.25, 0.3) is 0 Å². The molecule has 0 heterocycles. The van der Waals surface area contributed by atoms with E-state index in [-0.39, 0.29) is 6.04 Å². The van der Waals surface area contributed by atoms with Gasteiger partial charge < -0.3 is 11.5 Å². The van der Waals surface area contributed by atoms with E-state index in [1.165, 1.54) is 0 Å². The zero-order chi connectivity index (χ0) is 10.9. The van der Waals surface area contributed by atoms with E-state index in [1.54, 1.807) is 0 Å². The highest BCUT2D eigenvalue weighted by molar-refractivity contribution is 9.11. The fraction of sp³-hybridized carbons (Fsp3) is 0.400. The van der Waals surface area contributed by atoms with Gasteiger partial charge in [0.25, 0.3) is 0 Å². The average Bonchev–Trinajstić information content (AvgIpc) is 2.12. The Bertz CT molecular complexity index is 314. The van der Waals surface area contributed by atoms with Crippen molar-refractivity contribution in [2.75, 3.05) is 5.73 Å². The Morgan fingerprint density at radius 3 is 1.93 bits per heavy atom. The summed E-state index contributed by atoms with van der Waals surface area (Å²) in [4.78, 5) is 0. The van der Waals surface area contributed by atoms with Crippen LogP contribution in [0, 0.1) is 5.92 Å². The Balaban J connectivity index is 3.12. The van der Waals surface area contributed by atoms with Gasteiger partial charge in [-0.05, 0) is 55.5 Å². The molecule has 0 aliphatic carbocycles. The molecular weight excluding hydrogens is 308 g/mol. The molecule has 0 aromatic heterocycles. The first kappa shape index (κ1) is 12.0. The average molecular weight is 322 g/mol. The van der Waals surface area contributed by atoms with Gasteiger partial charge >= 0.3 is 0 Å². The van der Waals surface area contributed by atoms with E-state index < -0.39 is 0 Å². The smallest absolute Gasteiger partial charge is 0.0603 e. The van der Waals surface area contributed by atoms with E-state index in [2.05, 4.69) is 45.7 Å². The van der Waals surface area contributed by atoms with Crippen molar-refractivity contribution in [1.82, 2.24) is 0 Å². The third kappa shape index (κ3) is 2.49. The highest BCUT2D eigenvalue weighted by Gasteiger charge is 2.13. The standard InChI is InChI=1S/C10H14Br2N2/c1-5(2)9(13)6-3-7(11)10(14)8(12)4-6/h3-5,9H,13-14H2,1-2H3. The number of anilines is 1. The molecule has 0 radical (unpaired) electrons. The monoisotopic (exact) mass is 320 g/mol. The van der Waals surface area contributed by atoms with Crippen LogP contribution in [0.15, 0.2) is 21.1 Å². The topological polar surface area (TPSA) is 52.0 Å². The molecule has 4 heteroatoms. The summed E-state index contributed by atoms with van der Waals surface area (Å²) >= 11 is 6.81. The largest absolute Gasteiger partial charge is 0.397 e. The first-order valence-electron chi connectivity index (χ1n) is 4.43. The fourth-order valence-electron chi connectivity index (χ4n) is 1.18. The van der Waals surface area contributed by atoms with Crippen LogP contribution >= 0.6 is 31.9 Å². The number of hydrogen-bond donors (Lipinski definition) is 2. The summed E-state index contributed by atoms with van der Waals surface area (Å²) in [7, 11) is 0. The van der Waals surface area contributed by atoms with Gasteiger partial charge in [0.05, 0.1) is 5.69 Å². The lowest BCUT2D eigenvalue weighted by atomic mass is 9.97. The van der Waals surface area contributed by atoms with Crippen LogP contribution < -0.4 is 11.5 Å². The van der Waals surface area contributed by atoms with Gasteiger partial charge in [-0.2, -0.15) is 0 Å². The van der Waals surface area contributed by atoms with Gasteiger partial charge in [0.2, 0.25) is 0 Å². The molecule has 1 aromatic carbocycles. The summed E-state index contributed by atoms with van der Waals surface area (Å²) in [5.74, 6) is 0.414. The van der Waals surface area contributed by atoms with Crippen molar-refractivity contribution in [3.8, 4) is 0 Å². The molecule has 78 valence electrons. The van der Waals surface area contributed by atoms with Gasteiger partial charge in [-0.3, -0.25) is 0 Å². The molecule has 0 saturated carbocycles. The number of benzene rings is 1. The van der Waals surface area contributed by atoms with E-state index in [1.807, 2.05) is 12.1 Å². The maximum atomic E-state index is 6.04. The van der Waals surface area contributed by atoms with E-state index in [0.29, 0.717) is 11.6 Å². The number of hydrogen-bond acceptors (Lipinski definition) is 2. The van der Waals surface area contributed by atoms with Crippen molar-refractivity contribution >= 4 is 37.5 Å². The Morgan fingerprint density at radius 2 is 1.57 bits per heavy atom. The van der Waals surface area contributed by atoms with Crippen LogP contribution in [-0.2, 0) is 0 Å². The van der Waals surface area contributed by atoms with Crippen LogP contribution in [-0.4, -0.2) is 0 Å². The Hall–Kier alpha value is -0.0600. The normalized spacial score (nSPS) is 13.3. The number of halogens is 2. The Morgan fingerprint density at radius 1 is 1.14 bits per heavy atom. The quantitative estimate of drug-likeness (QED) is 0.820. The van der Waals surface area contributed by atoms with E-state index in [4.69, 9.17) is 11.5 Å². The molecule has 2 nitrogen and oxygen atoms in total. The SMILES string of the molecule is CC(C)C(N)c1cc(Br)c(N)c(Br)c1. The maximum Gasteiger partial charge on any atom is 0.0603 e. The predicted octanol–water partition coefficient (Wildman–Crippen LogP) is 3.45. The second kappa shape index (κ2) is 4.64. The number of rotatable bonds is 2. The first-order chi connectivity index (χ1) is 6.43. The van der Waals surface area contributed by atoms with E-state index >= 15 is 0 Å². The maximum absolute atomic E-state index is 6.04. The third-order valence-corrected chi connectivity index (χ3v) is 3.52. The zero-order valence-electron chi connectivity index (χ0n) is 8.22. The molecule has 0 aliphatic heterocycles. The van der Waals surface area contributed by atoms with Gasteiger partial charge in [-0.25, -0.2) is 0 Å². The van der Waals surface area contributed by atoms with Crippen molar-refractivity contribution < 1.29 is 0 Å². The molecule has 0 saturated heterocycles. The van der Waals surface area contributed by atoms with Gasteiger partial charge in [0, 0.05) is 15.0 Å². The Kier molecular flexibility index (Phi) is 3.98. The second-order valence-electron chi connectivity index (χ2n) is 3.67. The second-order valence-corrected chi connectivity index (χ2v) is 5.38. The molecule has 14 heavy (non-hydrogen) atoms. The molecule has 0 bridgehead atoms. The summed E-state index contributed by atoms with van der Waals surface area (Å²) in [6.45, 7) is 4.20. The molecular formula is C10H14Br2N2. The van der Waals surface area contributed by atoms with Crippen LogP contribution in [0.1, 0.15) is 25.5 Å². The summed E-state index contributed by atoms with van der Waals surface area (Å²) in [5.41, 5.74) is 13.6. The van der Waals surface area contributed by atoms with Crippen molar-refractivity contribution in [3.05, 3.63) is 26.6 Å². The molecule has 1 atom stereocenters. The Labute approximate surface area is 101 Å². The molecule has 0 aliphatic rings. The third-order valence-electron chi connectivity index (χ3n) is 2.20. The minimum Gasteiger partial charge on any atom is -0.397 e. The highest BCUT2D eigenvalue weighted by atomic mass is 79.9. The van der Waals surface area contributed by atoms with Gasteiger partial charge in [0.15, 0.2) is 0 Å². The number of nitrogens with two attached hydrogens (primary N) is 2. The van der Waals surface area contributed by atoms with E-state index in [9.17, 15) is 0 Å². The summed E-state index contributed by atoms with van der Waals surface area (Å²) in [6.07, 6.45) is 0. The lowest BCUT2D eigenvalue weighted by molar-refractivity contribution is 0.514. The minimum absolute atomic E-state index is 0.0446. The zero-order valence-corrected chi connectivity index (χ0v) is 11.4. The predicted molar refractivity (Wildman–Crippen MR) is 68.0 cm³/mol. The fourth-order valence-corrected chi connectivity index (χ4v) is 2.40. The molecule has 4 N–H and O–H groups in total. The van der Waals surface area contributed by atoms with Crippen molar-refractivity contribution in [2.24, 2.45) is 11.7 Å². The van der Waals surface area contributed by atoms with Crippen molar-refractivity contribution in [1.29, 1.82) is 0 Å². The van der Waals surface area contributed by atoms with Crippen LogP contribution in [0.2, 0.25) is 0 Å². The summed E-state index contributed by atoms with van der Waals surface area (Å²) < 4.78 is 1.77. The lowest BCUT2D eigenvalue weighted by Crippen LogP contribution is -2.16. The summed E-state index contributed by atoms with van der Waals surface area (Å²) in [5, 5.41) is 0. The van der Waals surface area contributed by atoms with Gasteiger partial charge in [-0.1, -0.05) is 13.8 Å². The molecule has 1 aromatic rings. The van der Waals surface area contributed by atoms with Crippen LogP contribution in [0.3, 0.4) is 0 Å². The molecule has 1 unspecified atom stereocenters. The highest BCUT2D eigenvalue weighted by Crippen LogP contribution is 2.32. The van der Waals surface area contributed by atoms with Crippen molar-refractivity contribution in [2.45, 2.75) is 19.9 Å². The lowest BCUT2D eigenvalue weighted by Gasteiger charge is -2.17. The van der Waals surface area contributed by atoms with Gasteiger partial charge in [0.1, 0.15) is 0 Å². The summed E-state index contributed by atoms with van der Waals surface area (Å²) in [6, 6.07) is 4.00. The minimum atomic E-state index is 0.0446. The molecule has 0 amide bonds. The van der Waals surface area contributed by atoms with Gasteiger partial charge in [-0.15, -0.1) is 0 Å². The van der Waals surface area contributed by atoms with E-state index in [0.717, 1.165) is 14.5 Å². The van der Waals surface area contributed by atoms with Crippen LogP contribution in [0.4, 0.5) is 5.69 Å². The van der Waals surface area contributed by atoms with Crippen LogP contribution in [0.5, 0.6) is 0 Å². The molecule has 0 spiro atoms.